The summed E-state index contributed by atoms with van der Waals surface area (Å²) in [7, 11) is 0. The number of aryl methyl sites for hydroxylation is 2. The van der Waals surface area contributed by atoms with Gasteiger partial charge in [-0.05, 0) is 190 Å². The van der Waals surface area contributed by atoms with Crippen LogP contribution in [0.5, 0.6) is 11.5 Å². The van der Waals surface area contributed by atoms with E-state index in [-0.39, 0.29) is 5.97 Å². The van der Waals surface area contributed by atoms with Gasteiger partial charge in [-0.15, -0.1) is 0 Å². The molecule has 0 saturated carbocycles. The van der Waals surface area contributed by atoms with Crippen LogP contribution in [0.25, 0.3) is 11.1 Å². The zero-order chi connectivity index (χ0) is 41.7. The maximum atomic E-state index is 14.2. The van der Waals surface area contributed by atoms with Crippen LogP contribution >= 0.6 is 12.3 Å². The average molecular weight is 835 g/mol. The molecule has 0 fully saturated rings. The SMILES string of the molecule is CC1CCC2C3=C=C=C(C=C3)C3=C=C=C(C=C3)OSOc3ccc4c(c3-c3c(ccc5c3CCCC5)OC(=O)C3=CC=C(CC3)C3=CC=C(CC3)C3CCC(C)C1=C23)CCCC4. The molecule has 2 aromatic carbocycles. The monoisotopic (exact) mass is 834 g/mol. The molecule has 0 amide bonds. The predicted molar refractivity (Wildman–Crippen MR) is 248 cm³/mol. The fourth-order valence-electron chi connectivity index (χ4n) is 12.1. The van der Waals surface area contributed by atoms with Gasteiger partial charge in [0.1, 0.15) is 11.5 Å². The molecule has 62 heavy (non-hydrogen) atoms. The highest BCUT2D eigenvalue weighted by Crippen LogP contribution is 2.53. The minimum atomic E-state index is -0.262. The Morgan fingerprint density at radius 3 is 1.81 bits per heavy atom. The third-order valence-electron chi connectivity index (χ3n) is 15.2. The highest BCUT2D eigenvalue weighted by atomic mass is 32.2. The van der Waals surface area contributed by atoms with E-state index in [2.05, 4.69) is 85.4 Å². The molecule has 6 heterocycles. The summed E-state index contributed by atoms with van der Waals surface area (Å²) in [5, 5.41) is 0. The van der Waals surface area contributed by atoms with Crippen molar-refractivity contribution in [1.29, 1.82) is 0 Å². The minimum Gasteiger partial charge on any atom is -0.422 e. The molecular weight excluding hydrogens is 781 g/mol. The maximum Gasteiger partial charge on any atom is 0.339 e. The zero-order valence-corrected chi connectivity index (χ0v) is 36.9. The first-order valence-corrected chi connectivity index (χ1v) is 24.1. The number of carbonyl (C=O) groups is 1. The second kappa shape index (κ2) is 16.7. The van der Waals surface area contributed by atoms with Crippen LogP contribution in [0, 0.1) is 23.7 Å². The largest absolute Gasteiger partial charge is 0.422 e. The van der Waals surface area contributed by atoms with Crippen molar-refractivity contribution >= 4 is 18.3 Å². The fraction of sp³-hybridized carbons (Fsp3) is 0.386. The topological polar surface area (TPSA) is 44.8 Å². The molecule has 6 aliphatic heterocycles. The minimum absolute atomic E-state index is 0.262. The van der Waals surface area contributed by atoms with Crippen LogP contribution in [0.3, 0.4) is 0 Å². The van der Waals surface area contributed by atoms with Gasteiger partial charge in [0.25, 0.3) is 12.3 Å². The van der Waals surface area contributed by atoms with E-state index in [1.807, 2.05) is 24.3 Å². The Morgan fingerprint density at radius 2 is 1.16 bits per heavy atom. The molecule has 8 aliphatic carbocycles. The van der Waals surface area contributed by atoms with Crippen LogP contribution in [-0.4, -0.2) is 5.97 Å². The van der Waals surface area contributed by atoms with Gasteiger partial charge < -0.3 is 13.1 Å². The summed E-state index contributed by atoms with van der Waals surface area (Å²) in [6.07, 6.45) is 34.4. The van der Waals surface area contributed by atoms with E-state index in [9.17, 15) is 4.79 Å². The van der Waals surface area contributed by atoms with Crippen LogP contribution in [0.15, 0.2) is 152 Å². The number of hydrogen-bond donors (Lipinski definition) is 0. The van der Waals surface area contributed by atoms with Crippen LogP contribution in [0.4, 0.5) is 0 Å². The molecule has 312 valence electrons. The van der Waals surface area contributed by atoms with Gasteiger partial charge in [-0.2, -0.15) is 0 Å². The number of carbonyl (C=O) groups excluding carboxylic acids is 1. The lowest BCUT2D eigenvalue weighted by atomic mass is 9.60. The van der Waals surface area contributed by atoms with Crippen molar-refractivity contribution in [2.45, 2.75) is 117 Å². The first-order valence-electron chi connectivity index (χ1n) is 23.4. The third kappa shape index (κ3) is 7.31. The Bertz CT molecular complexity index is 2740. The van der Waals surface area contributed by atoms with E-state index in [1.54, 1.807) is 16.7 Å². The number of fused-ring (bicyclic) bond motifs is 3. The van der Waals surface area contributed by atoms with Gasteiger partial charge in [-0.1, -0.05) is 84.2 Å². The molecule has 0 aromatic heterocycles. The molecule has 4 nitrogen and oxygen atoms in total. The van der Waals surface area contributed by atoms with Crippen LogP contribution < -0.4 is 8.92 Å². The number of rotatable bonds is 0. The average Bonchev–Trinajstić information content (AvgIpc) is 3.32. The quantitative estimate of drug-likeness (QED) is 0.0870. The highest BCUT2D eigenvalue weighted by molar-refractivity contribution is 7.90. The van der Waals surface area contributed by atoms with Crippen molar-refractivity contribution in [2.24, 2.45) is 23.7 Å². The van der Waals surface area contributed by atoms with Crippen LogP contribution in [0.2, 0.25) is 0 Å². The Morgan fingerprint density at radius 1 is 0.548 bits per heavy atom. The van der Waals surface area contributed by atoms with Crippen molar-refractivity contribution in [2.75, 3.05) is 0 Å². The van der Waals surface area contributed by atoms with Gasteiger partial charge in [0.05, 0.1) is 0 Å². The van der Waals surface area contributed by atoms with Gasteiger partial charge >= 0.3 is 5.97 Å². The third-order valence-corrected chi connectivity index (χ3v) is 15.7. The first kappa shape index (κ1) is 39.5. The molecule has 0 saturated heterocycles. The molecule has 0 radical (unpaired) electrons. The molecule has 0 N–H and O–H groups in total. The zero-order valence-electron chi connectivity index (χ0n) is 36.1. The summed E-state index contributed by atoms with van der Waals surface area (Å²) in [4.78, 5) is 14.2. The lowest BCUT2D eigenvalue weighted by Gasteiger charge is -2.44. The van der Waals surface area contributed by atoms with Gasteiger partial charge in [0.15, 0.2) is 5.76 Å². The standard InChI is InChI=1S/C57H54O4S/c1-35-11-31-49-43-19-13-37(14-20-43)39-17-23-45(24-18-39)57(58)59-51-33-27-41-7-3-5-9-47(41)55(51)56-48-10-6-4-8-42(48)28-34-52(56)61-62-60-46-29-25-40(26-30-46)38-15-21-44(22-16-38)50-32-12-36(2)53(35)54(49)50/h13,15,17,19,21,23,25,27-29,33-36,49-50H,3-12,14,18,20,24,31-32H2,1-2H3. The Hall–Kier alpha value is -5.36. The Balaban J connectivity index is 1.03. The summed E-state index contributed by atoms with van der Waals surface area (Å²) in [5.41, 5.74) is 32.6. The van der Waals surface area contributed by atoms with Crippen molar-refractivity contribution in [3.8, 4) is 22.6 Å². The molecule has 14 aliphatic rings. The van der Waals surface area contributed by atoms with Crippen molar-refractivity contribution < 1.29 is 17.9 Å². The first-order chi connectivity index (χ1) is 30.5. The van der Waals surface area contributed by atoms with Gasteiger partial charge in [0, 0.05) is 45.3 Å². The highest BCUT2D eigenvalue weighted by Gasteiger charge is 2.40. The van der Waals surface area contributed by atoms with Crippen LogP contribution in [0.1, 0.15) is 113 Å². The molecule has 2 aromatic rings. The molecule has 16 rings (SSSR count). The number of ether oxygens (including phenoxy) is 1. The van der Waals surface area contributed by atoms with Crippen LogP contribution in [-0.2, 0) is 34.7 Å². The van der Waals surface area contributed by atoms with E-state index >= 15 is 0 Å². The summed E-state index contributed by atoms with van der Waals surface area (Å²) in [5.74, 6) is 3.66. The van der Waals surface area contributed by atoms with E-state index in [4.69, 9.17) is 13.1 Å². The summed E-state index contributed by atoms with van der Waals surface area (Å²) >= 11 is 0.940. The smallest absolute Gasteiger partial charge is 0.339 e. The summed E-state index contributed by atoms with van der Waals surface area (Å²) < 4.78 is 19.2. The maximum absolute atomic E-state index is 14.2. The molecule has 4 unspecified atom stereocenters. The molecule has 8 bridgehead atoms. The Labute approximate surface area is 371 Å². The molecular formula is C57H54O4S. The van der Waals surface area contributed by atoms with Gasteiger partial charge in [0.2, 0.25) is 0 Å². The predicted octanol–water partition coefficient (Wildman–Crippen LogP) is 14.0. The van der Waals surface area contributed by atoms with Crippen molar-refractivity contribution in [3.05, 3.63) is 174 Å². The lowest BCUT2D eigenvalue weighted by Crippen LogP contribution is -2.32. The van der Waals surface area contributed by atoms with Crippen molar-refractivity contribution in [1.82, 2.24) is 0 Å². The normalized spacial score (nSPS) is 26.3. The number of allylic oxidation sites excluding steroid dienone is 16. The summed E-state index contributed by atoms with van der Waals surface area (Å²) in [6, 6.07) is 8.50. The Kier molecular flexibility index (Phi) is 10.7. The second-order valence-electron chi connectivity index (χ2n) is 18.8. The molecule has 4 atom stereocenters. The fourth-order valence-corrected chi connectivity index (χ4v) is 12.5. The van der Waals surface area contributed by atoms with E-state index in [0.717, 1.165) is 117 Å². The van der Waals surface area contributed by atoms with E-state index in [1.165, 1.54) is 64.7 Å². The molecule has 5 heteroatoms. The van der Waals surface area contributed by atoms with E-state index in [0.29, 0.717) is 41.6 Å². The van der Waals surface area contributed by atoms with Gasteiger partial charge in [-0.25, -0.2) is 4.79 Å². The summed E-state index contributed by atoms with van der Waals surface area (Å²) in [6.45, 7) is 4.91. The number of esters is 1. The van der Waals surface area contributed by atoms with Crippen molar-refractivity contribution in [3.63, 3.8) is 0 Å². The van der Waals surface area contributed by atoms with E-state index < -0.39 is 0 Å². The number of benzene rings is 2. The number of hydrogen-bond acceptors (Lipinski definition) is 5. The lowest BCUT2D eigenvalue weighted by molar-refractivity contribution is -0.130. The molecule has 0 spiro atoms. The van der Waals surface area contributed by atoms with Gasteiger partial charge in [-0.3, -0.25) is 0 Å². The second-order valence-corrected chi connectivity index (χ2v) is 19.3.